The zero-order valence-corrected chi connectivity index (χ0v) is 14.2. The van der Waals surface area contributed by atoms with E-state index in [1.807, 2.05) is 18.2 Å². The van der Waals surface area contributed by atoms with Gasteiger partial charge in [0.05, 0.1) is 24.4 Å². The van der Waals surface area contributed by atoms with E-state index in [4.69, 9.17) is 16.3 Å². The molecular formula is C17H18ClN3O3. The van der Waals surface area contributed by atoms with Crippen LogP contribution in [0.15, 0.2) is 36.7 Å². The maximum atomic E-state index is 12.1. The number of aromatic nitrogens is 2. The Labute approximate surface area is 145 Å². The first-order chi connectivity index (χ1) is 11.5. The van der Waals surface area contributed by atoms with Gasteiger partial charge in [0.2, 0.25) is 5.91 Å². The summed E-state index contributed by atoms with van der Waals surface area (Å²) in [6.07, 6.45) is 3.40. The van der Waals surface area contributed by atoms with Gasteiger partial charge in [-0.2, -0.15) is 5.10 Å². The largest absolute Gasteiger partial charge is 0.462 e. The number of hydrogen-bond donors (Lipinski definition) is 0. The van der Waals surface area contributed by atoms with E-state index >= 15 is 0 Å². The lowest BCUT2D eigenvalue weighted by atomic mass is 9.94. The van der Waals surface area contributed by atoms with E-state index in [1.54, 1.807) is 31.3 Å². The van der Waals surface area contributed by atoms with E-state index < -0.39 is 5.97 Å². The average Bonchev–Trinajstić information content (AvgIpc) is 3.09. The Hall–Kier alpha value is -2.34. The number of benzene rings is 1. The van der Waals surface area contributed by atoms with E-state index in [0.29, 0.717) is 17.0 Å². The van der Waals surface area contributed by atoms with E-state index in [9.17, 15) is 9.59 Å². The second-order valence-electron chi connectivity index (χ2n) is 5.97. The van der Waals surface area contributed by atoms with Crippen LogP contribution in [0, 0.1) is 5.92 Å². The van der Waals surface area contributed by atoms with Crippen molar-refractivity contribution in [1.29, 1.82) is 0 Å². The van der Waals surface area contributed by atoms with Crippen molar-refractivity contribution in [1.82, 2.24) is 14.7 Å². The first-order valence-electron chi connectivity index (χ1n) is 7.62. The number of nitrogens with zero attached hydrogens (tertiary/aromatic N) is 3. The molecule has 24 heavy (non-hydrogen) atoms. The second kappa shape index (κ2) is 6.65. The van der Waals surface area contributed by atoms with Crippen LogP contribution in [0.25, 0.3) is 0 Å². The van der Waals surface area contributed by atoms with Gasteiger partial charge < -0.3 is 9.64 Å². The third-order valence-electron chi connectivity index (χ3n) is 4.25. The van der Waals surface area contributed by atoms with Crippen molar-refractivity contribution >= 4 is 23.5 Å². The molecule has 1 aliphatic heterocycles. The van der Waals surface area contributed by atoms with E-state index in [-0.39, 0.29) is 24.5 Å². The van der Waals surface area contributed by atoms with Gasteiger partial charge in [-0.05, 0) is 17.7 Å². The summed E-state index contributed by atoms with van der Waals surface area (Å²) < 4.78 is 6.94. The zero-order valence-electron chi connectivity index (χ0n) is 13.5. The summed E-state index contributed by atoms with van der Waals surface area (Å²) in [5, 5.41) is 4.57. The molecule has 2 aromatic rings. The van der Waals surface area contributed by atoms with Crippen molar-refractivity contribution in [3.63, 3.8) is 0 Å². The fourth-order valence-corrected chi connectivity index (χ4v) is 3.28. The molecule has 0 bridgehead atoms. The van der Waals surface area contributed by atoms with Crippen LogP contribution in [0.4, 0.5) is 0 Å². The lowest BCUT2D eigenvalue weighted by molar-refractivity contribution is -0.127. The number of hydrogen-bond acceptors (Lipinski definition) is 4. The third-order valence-corrected chi connectivity index (χ3v) is 4.49. The van der Waals surface area contributed by atoms with Crippen molar-refractivity contribution in [2.24, 2.45) is 13.0 Å². The summed E-state index contributed by atoms with van der Waals surface area (Å²) in [4.78, 5) is 25.9. The summed E-state index contributed by atoms with van der Waals surface area (Å²) in [5.74, 6) is -0.515. The standard InChI is InChI=1S/C17H18ClN3O3/c1-20-9-13(8-19-20)17(23)24-10-12-7-15(22)21(2)16(12)11-4-3-5-14(18)6-11/h3-6,8-9,12,16H,7,10H2,1-2H3/t12-,16-/m1/s1. The molecule has 1 fully saturated rings. The molecule has 0 N–H and O–H groups in total. The Balaban J connectivity index is 1.73. The number of halogens is 1. The minimum absolute atomic E-state index is 0.0300. The van der Waals surface area contributed by atoms with Crippen LogP contribution in [0.5, 0.6) is 0 Å². The van der Waals surface area contributed by atoms with Gasteiger partial charge >= 0.3 is 5.97 Å². The quantitative estimate of drug-likeness (QED) is 0.797. The molecule has 126 valence electrons. The number of aryl methyl sites for hydroxylation is 1. The molecule has 0 spiro atoms. The highest BCUT2D eigenvalue weighted by Crippen LogP contribution is 2.37. The van der Waals surface area contributed by atoms with Crippen LogP contribution in [-0.4, -0.2) is 40.2 Å². The van der Waals surface area contributed by atoms with Gasteiger partial charge in [-0.1, -0.05) is 23.7 Å². The topological polar surface area (TPSA) is 64.4 Å². The molecule has 1 aromatic heterocycles. The molecular weight excluding hydrogens is 330 g/mol. The molecule has 1 amide bonds. The zero-order chi connectivity index (χ0) is 17.3. The number of carbonyl (C=O) groups is 2. The minimum Gasteiger partial charge on any atom is -0.462 e. The number of carbonyl (C=O) groups excluding carboxylic acids is 2. The smallest absolute Gasteiger partial charge is 0.341 e. The van der Waals surface area contributed by atoms with Crippen LogP contribution in [-0.2, 0) is 16.6 Å². The lowest BCUT2D eigenvalue weighted by Gasteiger charge is -2.25. The van der Waals surface area contributed by atoms with Crippen molar-refractivity contribution in [2.45, 2.75) is 12.5 Å². The summed E-state index contributed by atoms with van der Waals surface area (Å²) >= 11 is 6.07. The van der Waals surface area contributed by atoms with Crippen molar-refractivity contribution in [2.75, 3.05) is 13.7 Å². The second-order valence-corrected chi connectivity index (χ2v) is 6.41. The Morgan fingerprint density at radius 2 is 2.21 bits per heavy atom. The molecule has 1 aromatic carbocycles. The SMILES string of the molecule is CN1C(=O)C[C@H](COC(=O)c2cnn(C)c2)[C@H]1c1cccc(Cl)c1. The molecule has 2 atom stereocenters. The maximum absolute atomic E-state index is 12.1. The van der Waals surface area contributed by atoms with E-state index in [2.05, 4.69) is 5.10 Å². The maximum Gasteiger partial charge on any atom is 0.341 e. The molecule has 0 aliphatic carbocycles. The number of esters is 1. The number of likely N-dealkylation sites (tertiary alicyclic amines) is 1. The monoisotopic (exact) mass is 347 g/mol. The normalized spacial score (nSPS) is 20.5. The van der Waals surface area contributed by atoms with Crippen LogP contribution in [0.2, 0.25) is 5.02 Å². The fourth-order valence-electron chi connectivity index (χ4n) is 3.08. The number of ether oxygens (including phenoxy) is 1. The predicted octanol–water partition coefficient (Wildman–Crippen LogP) is 2.45. The highest BCUT2D eigenvalue weighted by atomic mass is 35.5. The number of amides is 1. The van der Waals surface area contributed by atoms with Crippen LogP contribution in [0.3, 0.4) is 0 Å². The van der Waals surface area contributed by atoms with Gasteiger partial charge in [-0.15, -0.1) is 0 Å². The van der Waals surface area contributed by atoms with Gasteiger partial charge in [-0.3, -0.25) is 9.48 Å². The molecule has 3 rings (SSSR count). The molecule has 0 unspecified atom stereocenters. The highest BCUT2D eigenvalue weighted by molar-refractivity contribution is 6.30. The average molecular weight is 348 g/mol. The molecule has 0 radical (unpaired) electrons. The van der Waals surface area contributed by atoms with Gasteiger partial charge in [0.25, 0.3) is 0 Å². The Bertz CT molecular complexity index is 774. The van der Waals surface area contributed by atoms with Crippen molar-refractivity contribution in [3.05, 3.63) is 52.8 Å². The Morgan fingerprint density at radius 3 is 2.88 bits per heavy atom. The van der Waals surface area contributed by atoms with Gasteiger partial charge in [0.15, 0.2) is 0 Å². The fraction of sp³-hybridized carbons (Fsp3) is 0.353. The van der Waals surface area contributed by atoms with E-state index in [1.165, 1.54) is 10.9 Å². The Morgan fingerprint density at radius 1 is 1.42 bits per heavy atom. The molecule has 1 aliphatic rings. The summed E-state index contributed by atoms with van der Waals surface area (Å²) in [7, 11) is 3.49. The number of rotatable bonds is 4. The summed E-state index contributed by atoms with van der Waals surface area (Å²) in [6.45, 7) is 0.168. The highest BCUT2D eigenvalue weighted by Gasteiger charge is 2.39. The van der Waals surface area contributed by atoms with Crippen LogP contribution >= 0.6 is 11.6 Å². The van der Waals surface area contributed by atoms with Crippen molar-refractivity contribution in [3.8, 4) is 0 Å². The summed E-state index contributed by atoms with van der Waals surface area (Å²) in [6, 6.07) is 7.27. The van der Waals surface area contributed by atoms with Crippen molar-refractivity contribution < 1.29 is 14.3 Å². The van der Waals surface area contributed by atoms with Crippen LogP contribution < -0.4 is 0 Å². The van der Waals surface area contributed by atoms with E-state index in [0.717, 1.165) is 5.56 Å². The molecule has 6 nitrogen and oxygen atoms in total. The van der Waals surface area contributed by atoms with Gasteiger partial charge in [0.1, 0.15) is 0 Å². The first-order valence-corrected chi connectivity index (χ1v) is 8.00. The minimum atomic E-state index is -0.435. The molecule has 1 saturated heterocycles. The third kappa shape index (κ3) is 3.28. The predicted molar refractivity (Wildman–Crippen MR) is 88.6 cm³/mol. The Kier molecular flexibility index (Phi) is 4.57. The molecule has 2 heterocycles. The molecule has 0 saturated carbocycles. The first kappa shape index (κ1) is 16.5. The lowest BCUT2D eigenvalue weighted by Crippen LogP contribution is -2.26. The van der Waals surface area contributed by atoms with Gasteiger partial charge in [0, 0.05) is 37.7 Å². The van der Waals surface area contributed by atoms with Crippen LogP contribution in [0.1, 0.15) is 28.4 Å². The molecule has 7 heteroatoms. The summed E-state index contributed by atoms with van der Waals surface area (Å²) in [5.41, 5.74) is 1.34. The van der Waals surface area contributed by atoms with Gasteiger partial charge in [-0.25, -0.2) is 4.79 Å².